The maximum atomic E-state index is 12.2. The normalized spacial score (nSPS) is 14.8. The predicted molar refractivity (Wildman–Crippen MR) is 76.1 cm³/mol. The van der Waals surface area contributed by atoms with E-state index in [0.717, 1.165) is 16.3 Å². The molecule has 0 N–H and O–H groups in total. The summed E-state index contributed by atoms with van der Waals surface area (Å²) in [6.07, 6.45) is 1.86. The minimum Gasteiger partial charge on any atom is -0.285 e. The highest BCUT2D eigenvalue weighted by Gasteiger charge is 2.28. The Morgan fingerprint density at radius 3 is 2.16 bits per heavy atom. The Kier molecular flexibility index (Phi) is 2.59. The van der Waals surface area contributed by atoms with Crippen LogP contribution in [0.25, 0.3) is 16.8 Å². The summed E-state index contributed by atoms with van der Waals surface area (Å²) in [4.78, 5) is 24.2. The summed E-state index contributed by atoms with van der Waals surface area (Å²) in [5, 5.41) is 2.08. The first-order valence-electron chi connectivity index (χ1n) is 6.41. The van der Waals surface area contributed by atoms with Crippen LogP contribution in [-0.4, -0.2) is 11.6 Å². The molecule has 0 saturated carbocycles. The lowest BCUT2D eigenvalue weighted by atomic mass is 9.84. The zero-order chi connectivity index (χ0) is 13.6. The molecule has 0 radical (unpaired) electrons. The summed E-state index contributed by atoms with van der Waals surface area (Å²) in [6, 6.07) is 11.7. The summed E-state index contributed by atoms with van der Waals surface area (Å²) in [5.74, 6) is -0.680. The summed E-state index contributed by atoms with van der Waals surface area (Å²) >= 11 is 0. The van der Waals surface area contributed by atoms with E-state index in [9.17, 15) is 9.59 Å². The highest BCUT2D eigenvalue weighted by Crippen LogP contribution is 2.29. The molecule has 1 aliphatic rings. The Labute approximate surface area is 111 Å². The minimum absolute atomic E-state index is 0.0658. The van der Waals surface area contributed by atoms with Crippen LogP contribution in [0.4, 0.5) is 0 Å². The van der Waals surface area contributed by atoms with Crippen LogP contribution in [0.5, 0.6) is 0 Å². The third kappa shape index (κ3) is 1.80. The van der Waals surface area contributed by atoms with E-state index in [4.69, 9.17) is 0 Å². The third-order valence-corrected chi connectivity index (χ3v) is 3.56. The van der Waals surface area contributed by atoms with Gasteiger partial charge < -0.3 is 0 Å². The topological polar surface area (TPSA) is 34.1 Å². The van der Waals surface area contributed by atoms with E-state index in [1.54, 1.807) is 0 Å². The molecule has 2 nitrogen and oxygen atoms in total. The molecule has 19 heavy (non-hydrogen) atoms. The molecule has 0 aliphatic heterocycles. The molecule has 3 rings (SSSR count). The number of hydrogen-bond acceptors (Lipinski definition) is 2. The van der Waals surface area contributed by atoms with Crippen LogP contribution < -0.4 is 0 Å². The van der Waals surface area contributed by atoms with E-state index in [1.807, 2.05) is 56.3 Å². The first-order chi connectivity index (χ1) is 9.08. The molecule has 0 amide bonds. The van der Waals surface area contributed by atoms with Crippen molar-refractivity contribution in [2.75, 3.05) is 0 Å². The number of fused-ring (bicyclic) bond motifs is 2. The van der Waals surface area contributed by atoms with Crippen molar-refractivity contribution in [1.82, 2.24) is 0 Å². The van der Waals surface area contributed by atoms with Gasteiger partial charge >= 0.3 is 0 Å². The lowest BCUT2D eigenvalue weighted by Crippen LogP contribution is -2.23. The summed E-state index contributed by atoms with van der Waals surface area (Å²) in [7, 11) is 0. The second kappa shape index (κ2) is 4.16. The zero-order valence-electron chi connectivity index (χ0n) is 10.9. The smallest absolute Gasteiger partial charge is 0.233 e. The molecule has 0 spiro atoms. The SMILES string of the molecule is CC(C)C1=Cc2cc3ccccc3cc2C(=O)C1=O. The third-order valence-electron chi connectivity index (χ3n) is 3.56. The van der Waals surface area contributed by atoms with Crippen LogP contribution in [0.2, 0.25) is 0 Å². The predicted octanol–water partition coefficient (Wildman–Crippen LogP) is 3.64. The van der Waals surface area contributed by atoms with Crippen molar-refractivity contribution in [2.45, 2.75) is 13.8 Å². The highest BCUT2D eigenvalue weighted by atomic mass is 16.2. The van der Waals surface area contributed by atoms with E-state index >= 15 is 0 Å². The number of carbonyl (C=O) groups excluding carboxylic acids is 2. The van der Waals surface area contributed by atoms with Crippen LogP contribution in [-0.2, 0) is 4.79 Å². The zero-order valence-corrected chi connectivity index (χ0v) is 10.9. The van der Waals surface area contributed by atoms with Gasteiger partial charge in [0.05, 0.1) is 0 Å². The van der Waals surface area contributed by atoms with Gasteiger partial charge in [0.25, 0.3) is 0 Å². The maximum Gasteiger partial charge on any atom is 0.233 e. The van der Waals surface area contributed by atoms with E-state index in [2.05, 4.69) is 0 Å². The van der Waals surface area contributed by atoms with Crippen molar-refractivity contribution in [3.63, 3.8) is 0 Å². The van der Waals surface area contributed by atoms with Gasteiger partial charge in [0.15, 0.2) is 0 Å². The fourth-order valence-corrected chi connectivity index (χ4v) is 2.49. The van der Waals surface area contributed by atoms with Gasteiger partial charge in [-0.05, 0) is 40.5 Å². The molecular formula is C17H14O2. The highest BCUT2D eigenvalue weighted by molar-refractivity contribution is 6.52. The Morgan fingerprint density at radius 1 is 0.895 bits per heavy atom. The molecule has 0 heterocycles. The lowest BCUT2D eigenvalue weighted by molar-refractivity contribution is -0.112. The van der Waals surface area contributed by atoms with E-state index in [-0.39, 0.29) is 17.5 Å². The monoisotopic (exact) mass is 250 g/mol. The van der Waals surface area contributed by atoms with Crippen molar-refractivity contribution in [3.05, 3.63) is 53.1 Å². The molecule has 0 fully saturated rings. The van der Waals surface area contributed by atoms with E-state index in [0.29, 0.717) is 11.1 Å². The standard InChI is InChI=1S/C17H14O2/c1-10(2)14-9-13-7-11-5-3-4-6-12(11)8-15(13)17(19)16(14)18/h3-10H,1-2H3. The molecule has 0 bridgehead atoms. The fraction of sp³-hybridized carbons (Fsp3) is 0.176. The van der Waals surface area contributed by atoms with Crippen molar-refractivity contribution >= 4 is 28.4 Å². The summed E-state index contributed by atoms with van der Waals surface area (Å²) < 4.78 is 0. The molecular weight excluding hydrogens is 236 g/mol. The van der Waals surface area contributed by atoms with Gasteiger partial charge in [-0.15, -0.1) is 0 Å². The van der Waals surface area contributed by atoms with Crippen molar-refractivity contribution < 1.29 is 9.59 Å². The number of benzene rings is 2. The van der Waals surface area contributed by atoms with Crippen LogP contribution in [0.3, 0.4) is 0 Å². The Hall–Kier alpha value is -2.22. The van der Waals surface area contributed by atoms with Gasteiger partial charge in [-0.3, -0.25) is 9.59 Å². The fourth-order valence-electron chi connectivity index (χ4n) is 2.49. The second-order valence-corrected chi connectivity index (χ2v) is 5.20. The maximum absolute atomic E-state index is 12.2. The van der Waals surface area contributed by atoms with Crippen LogP contribution in [0, 0.1) is 5.92 Å². The van der Waals surface area contributed by atoms with Crippen molar-refractivity contribution in [3.8, 4) is 0 Å². The van der Waals surface area contributed by atoms with Gasteiger partial charge in [0, 0.05) is 11.1 Å². The molecule has 94 valence electrons. The molecule has 1 aliphatic carbocycles. The van der Waals surface area contributed by atoms with Gasteiger partial charge in [-0.2, -0.15) is 0 Å². The average molecular weight is 250 g/mol. The quantitative estimate of drug-likeness (QED) is 0.724. The Balaban J connectivity index is 2.30. The van der Waals surface area contributed by atoms with Gasteiger partial charge in [0.1, 0.15) is 0 Å². The van der Waals surface area contributed by atoms with Crippen molar-refractivity contribution in [2.24, 2.45) is 5.92 Å². The molecule has 0 aromatic heterocycles. The largest absolute Gasteiger partial charge is 0.285 e. The van der Waals surface area contributed by atoms with Crippen molar-refractivity contribution in [1.29, 1.82) is 0 Å². The van der Waals surface area contributed by atoms with E-state index < -0.39 is 0 Å². The average Bonchev–Trinajstić information content (AvgIpc) is 2.41. The first kappa shape index (κ1) is 11.8. The molecule has 2 aromatic carbocycles. The number of Topliss-reactive ketones (excluding diaryl/α,β-unsaturated/α-hetero) is 2. The van der Waals surface area contributed by atoms with Gasteiger partial charge in [0.2, 0.25) is 11.6 Å². The van der Waals surface area contributed by atoms with Gasteiger partial charge in [-0.25, -0.2) is 0 Å². The molecule has 0 unspecified atom stereocenters. The lowest BCUT2D eigenvalue weighted by Gasteiger charge is -2.17. The Morgan fingerprint density at radius 2 is 1.53 bits per heavy atom. The molecule has 0 atom stereocenters. The first-order valence-corrected chi connectivity index (χ1v) is 6.41. The number of carbonyl (C=O) groups is 2. The second-order valence-electron chi connectivity index (χ2n) is 5.20. The van der Waals surface area contributed by atoms with Crippen LogP contribution in [0.1, 0.15) is 29.8 Å². The van der Waals surface area contributed by atoms with Crippen LogP contribution >= 0.6 is 0 Å². The number of hydrogen-bond donors (Lipinski definition) is 0. The van der Waals surface area contributed by atoms with E-state index in [1.165, 1.54) is 0 Å². The number of rotatable bonds is 1. The Bertz CT molecular complexity index is 736. The minimum atomic E-state index is -0.382. The summed E-state index contributed by atoms with van der Waals surface area (Å²) in [5.41, 5.74) is 1.98. The molecule has 2 heteroatoms. The number of allylic oxidation sites excluding steroid dienone is 1. The van der Waals surface area contributed by atoms with Crippen LogP contribution in [0.15, 0.2) is 42.0 Å². The molecule has 2 aromatic rings. The van der Waals surface area contributed by atoms with Gasteiger partial charge in [-0.1, -0.05) is 38.1 Å². The molecule has 0 saturated heterocycles. The number of ketones is 2. The summed E-state index contributed by atoms with van der Waals surface area (Å²) in [6.45, 7) is 3.87.